The molecule has 0 saturated carbocycles. The molecule has 114 valence electrons. The van der Waals surface area contributed by atoms with E-state index in [-0.39, 0.29) is 0 Å². The topological polar surface area (TPSA) is 24.9 Å². The second-order valence-corrected chi connectivity index (χ2v) is 5.75. The first-order valence-electron chi connectivity index (χ1n) is 6.73. The summed E-state index contributed by atoms with van der Waals surface area (Å²) in [4.78, 5) is 4.52. The molecule has 1 aromatic heterocycles. The van der Waals surface area contributed by atoms with Crippen LogP contribution in [-0.4, -0.2) is 18.6 Å². The summed E-state index contributed by atoms with van der Waals surface area (Å²) in [6, 6.07) is 5.28. The molecule has 2 aromatic rings. The zero-order chi connectivity index (χ0) is 15.3. The molecule has 1 heterocycles. The molecule has 0 unspecified atom stereocenters. The van der Waals surface area contributed by atoms with E-state index >= 15 is 0 Å². The number of hydrogen-bond acceptors (Lipinski definition) is 3. The second-order valence-electron chi connectivity index (χ2n) is 4.81. The van der Waals surface area contributed by atoms with Crippen LogP contribution in [-0.2, 0) is 19.0 Å². The van der Waals surface area contributed by atoms with E-state index in [1.807, 2.05) is 12.4 Å². The van der Waals surface area contributed by atoms with Gasteiger partial charge in [0.15, 0.2) is 0 Å². The van der Waals surface area contributed by atoms with Crippen molar-refractivity contribution in [3.05, 3.63) is 51.5 Å². The third kappa shape index (κ3) is 4.82. The average Bonchev–Trinajstić information content (AvgIpc) is 2.86. The molecule has 0 fully saturated rings. The lowest BCUT2D eigenvalue weighted by Gasteiger charge is -2.06. The number of benzene rings is 1. The normalized spacial score (nSPS) is 11.8. The van der Waals surface area contributed by atoms with E-state index in [4.69, 9.17) is 0 Å². The Hall–Kier alpha value is -1.40. The molecule has 1 N–H and O–H groups in total. The van der Waals surface area contributed by atoms with Crippen LogP contribution >= 0.6 is 11.3 Å². The Balaban J connectivity index is 1.95. The minimum Gasteiger partial charge on any atom is -0.320 e. The van der Waals surface area contributed by atoms with Gasteiger partial charge in [-0.05, 0) is 44.1 Å². The van der Waals surface area contributed by atoms with Gasteiger partial charge < -0.3 is 5.32 Å². The fraction of sp³-hybridized carbons (Fsp3) is 0.400. The highest BCUT2D eigenvalue weighted by Gasteiger charge is 2.29. The molecule has 0 amide bonds. The van der Waals surface area contributed by atoms with Gasteiger partial charge in [0.25, 0.3) is 0 Å². The Morgan fingerprint density at radius 1 is 1.19 bits per heavy atom. The summed E-state index contributed by atoms with van der Waals surface area (Å²) in [6.07, 6.45) is -1.75. The summed E-state index contributed by atoms with van der Waals surface area (Å²) in [5.41, 5.74) is 1.29. The van der Waals surface area contributed by atoms with Crippen molar-refractivity contribution in [3.8, 4) is 0 Å². The van der Waals surface area contributed by atoms with Crippen LogP contribution in [0.2, 0.25) is 0 Å². The molecule has 0 atom stereocenters. The van der Waals surface area contributed by atoms with E-state index in [0.29, 0.717) is 6.42 Å². The van der Waals surface area contributed by atoms with Crippen LogP contribution < -0.4 is 5.32 Å². The largest absolute Gasteiger partial charge is 0.416 e. The Morgan fingerprint density at radius 3 is 2.52 bits per heavy atom. The standard InChI is InChI=1S/C15H17F3N2S/c1-19-8-2-3-13-10-21-14(20-13)9-11-4-6-12(7-5-11)15(16,17)18/h4-7,10,19H,2-3,8-9H2,1H3. The summed E-state index contributed by atoms with van der Waals surface area (Å²) in [6.45, 7) is 0.950. The molecular weight excluding hydrogens is 297 g/mol. The van der Waals surface area contributed by atoms with Crippen molar-refractivity contribution in [2.45, 2.75) is 25.4 Å². The number of rotatable bonds is 6. The van der Waals surface area contributed by atoms with Crippen LogP contribution in [0, 0.1) is 0 Å². The van der Waals surface area contributed by atoms with Gasteiger partial charge in [0.2, 0.25) is 0 Å². The second kappa shape index (κ2) is 7.04. The molecule has 2 nitrogen and oxygen atoms in total. The molecule has 1 aromatic carbocycles. The fourth-order valence-electron chi connectivity index (χ4n) is 1.98. The third-order valence-corrected chi connectivity index (χ3v) is 3.99. The lowest BCUT2D eigenvalue weighted by atomic mass is 10.1. The molecule has 0 aliphatic rings. The Kier molecular flexibility index (Phi) is 5.36. The summed E-state index contributed by atoms with van der Waals surface area (Å²) < 4.78 is 37.4. The smallest absolute Gasteiger partial charge is 0.320 e. The summed E-state index contributed by atoms with van der Waals surface area (Å²) in [5, 5.41) is 6.05. The molecule has 6 heteroatoms. The van der Waals surface area contributed by atoms with E-state index in [9.17, 15) is 13.2 Å². The first-order valence-corrected chi connectivity index (χ1v) is 7.61. The molecule has 0 aliphatic carbocycles. The minimum atomic E-state index is -4.28. The summed E-state index contributed by atoms with van der Waals surface area (Å²) in [7, 11) is 1.91. The van der Waals surface area contributed by atoms with Crippen LogP contribution in [0.4, 0.5) is 13.2 Å². The molecule has 21 heavy (non-hydrogen) atoms. The Bertz CT molecular complexity index is 561. The Labute approximate surface area is 126 Å². The maximum Gasteiger partial charge on any atom is 0.416 e. The molecular formula is C15H17F3N2S. The monoisotopic (exact) mass is 314 g/mol. The number of halogens is 3. The fourth-order valence-corrected chi connectivity index (χ4v) is 2.84. The van der Waals surface area contributed by atoms with Crippen LogP contribution in [0.1, 0.15) is 28.2 Å². The maximum absolute atomic E-state index is 12.5. The number of nitrogens with zero attached hydrogens (tertiary/aromatic N) is 1. The van der Waals surface area contributed by atoms with Gasteiger partial charge in [-0.1, -0.05) is 12.1 Å². The number of aryl methyl sites for hydroxylation is 1. The highest BCUT2D eigenvalue weighted by Crippen LogP contribution is 2.29. The van der Waals surface area contributed by atoms with Crippen molar-refractivity contribution in [1.29, 1.82) is 0 Å². The first-order chi connectivity index (χ1) is 9.99. The van der Waals surface area contributed by atoms with Crippen molar-refractivity contribution in [2.75, 3.05) is 13.6 Å². The number of thiazole rings is 1. The van der Waals surface area contributed by atoms with Crippen molar-refractivity contribution < 1.29 is 13.2 Å². The van der Waals surface area contributed by atoms with Crippen LogP contribution in [0.5, 0.6) is 0 Å². The first kappa shape index (κ1) is 16.0. The van der Waals surface area contributed by atoms with E-state index in [1.54, 1.807) is 11.3 Å². The number of aromatic nitrogens is 1. The predicted molar refractivity (Wildman–Crippen MR) is 78.6 cm³/mol. The van der Waals surface area contributed by atoms with Gasteiger partial charge in [-0.25, -0.2) is 4.98 Å². The molecule has 0 radical (unpaired) electrons. The van der Waals surface area contributed by atoms with Crippen LogP contribution in [0.3, 0.4) is 0 Å². The van der Waals surface area contributed by atoms with Gasteiger partial charge >= 0.3 is 6.18 Å². The average molecular weight is 314 g/mol. The van der Waals surface area contributed by atoms with Crippen molar-refractivity contribution >= 4 is 11.3 Å². The van der Waals surface area contributed by atoms with Gasteiger partial charge in [0.05, 0.1) is 16.3 Å². The summed E-state index contributed by atoms with van der Waals surface area (Å²) >= 11 is 1.56. The molecule has 0 aliphatic heterocycles. The van der Waals surface area contributed by atoms with E-state index in [2.05, 4.69) is 10.3 Å². The van der Waals surface area contributed by atoms with E-state index in [0.717, 1.165) is 47.8 Å². The van der Waals surface area contributed by atoms with Gasteiger partial charge in [-0.15, -0.1) is 11.3 Å². The predicted octanol–water partition coefficient (Wildman–Crippen LogP) is 3.90. The molecule has 0 saturated heterocycles. The van der Waals surface area contributed by atoms with Gasteiger partial charge in [-0.2, -0.15) is 13.2 Å². The quantitative estimate of drug-likeness (QED) is 0.818. The van der Waals surface area contributed by atoms with Gasteiger partial charge in [-0.3, -0.25) is 0 Å². The third-order valence-electron chi connectivity index (χ3n) is 3.10. The highest BCUT2D eigenvalue weighted by molar-refractivity contribution is 7.09. The summed E-state index contributed by atoms with van der Waals surface area (Å²) in [5.74, 6) is 0. The minimum absolute atomic E-state index is 0.578. The van der Waals surface area contributed by atoms with E-state index in [1.165, 1.54) is 12.1 Å². The lowest BCUT2D eigenvalue weighted by Crippen LogP contribution is -2.08. The number of nitrogens with one attached hydrogen (secondary N) is 1. The van der Waals surface area contributed by atoms with Crippen LogP contribution in [0.25, 0.3) is 0 Å². The number of alkyl halides is 3. The van der Waals surface area contributed by atoms with Crippen molar-refractivity contribution in [1.82, 2.24) is 10.3 Å². The van der Waals surface area contributed by atoms with Gasteiger partial charge in [0, 0.05) is 11.8 Å². The van der Waals surface area contributed by atoms with Gasteiger partial charge in [0.1, 0.15) is 0 Å². The highest BCUT2D eigenvalue weighted by atomic mass is 32.1. The molecule has 0 bridgehead atoms. The molecule has 0 spiro atoms. The van der Waals surface area contributed by atoms with Crippen molar-refractivity contribution in [2.24, 2.45) is 0 Å². The zero-order valence-electron chi connectivity index (χ0n) is 11.7. The van der Waals surface area contributed by atoms with E-state index < -0.39 is 11.7 Å². The lowest BCUT2D eigenvalue weighted by molar-refractivity contribution is -0.137. The SMILES string of the molecule is CNCCCc1csc(Cc2ccc(C(F)(F)F)cc2)n1. The van der Waals surface area contributed by atoms with Crippen LogP contribution in [0.15, 0.2) is 29.6 Å². The Morgan fingerprint density at radius 2 is 1.90 bits per heavy atom. The zero-order valence-corrected chi connectivity index (χ0v) is 12.5. The number of hydrogen-bond donors (Lipinski definition) is 1. The van der Waals surface area contributed by atoms with Crippen molar-refractivity contribution in [3.63, 3.8) is 0 Å². The molecule has 2 rings (SSSR count). The maximum atomic E-state index is 12.5.